The van der Waals surface area contributed by atoms with Crippen LogP contribution in [0.2, 0.25) is 0 Å². The van der Waals surface area contributed by atoms with E-state index >= 15 is 0 Å². The minimum atomic E-state index is 1.02. The van der Waals surface area contributed by atoms with E-state index in [1.54, 1.807) is 0 Å². The van der Waals surface area contributed by atoms with Gasteiger partial charge in [-0.25, -0.2) is 0 Å². The van der Waals surface area contributed by atoms with Crippen molar-refractivity contribution in [2.45, 2.75) is 6.92 Å². The number of aryl methyl sites for hydroxylation is 1. The number of H-pyrrole nitrogens is 1. The summed E-state index contributed by atoms with van der Waals surface area (Å²) in [4.78, 5) is 4.32. The monoisotopic (exact) mass is 214 g/mol. The van der Waals surface area contributed by atoms with E-state index in [-0.39, 0.29) is 0 Å². The fourth-order valence-corrected chi connectivity index (χ4v) is 1.82. The zero-order valence-corrected chi connectivity index (χ0v) is 9.36. The average molecular weight is 214 g/mol. The zero-order chi connectivity index (χ0) is 11.5. The van der Waals surface area contributed by atoms with Crippen LogP contribution in [0.5, 0.6) is 0 Å². The number of pyridine rings is 1. The SMILES string of the molecule is CN.Cc1ccnc2ccc3cn[nH]c3c12. The summed E-state index contributed by atoms with van der Waals surface area (Å²) < 4.78 is 0. The first-order chi connectivity index (χ1) is 7.86. The zero-order valence-electron chi connectivity index (χ0n) is 9.36. The number of nitrogens with two attached hydrogens (primary N) is 1. The highest BCUT2D eigenvalue weighted by atomic mass is 15.1. The topological polar surface area (TPSA) is 67.6 Å². The Morgan fingerprint density at radius 2 is 2.00 bits per heavy atom. The van der Waals surface area contributed by atoms with Crippen LogP contribution in [0.3, 0.4) is 0 Å². The Morgan fingerprint density at radius 1 is 1.19 bits per heavy atom. The number of benzene rings is 1. The molecule has 0 bridgehead atoms. The molecule has 3 rings (SSSR count). The van der Waals surface area contributed by atoms with E-state index < -0.39 is 0 Å². The first-order valence-electron chi connectivity index (χ1n) is 5.11. The summed E-state index contributed by atoms with van der Waals surface area (Å²) in [5, 5.41) is 9.36. The van der Waals surface area contributed by atoms with Gasteiger partial charge in [0, 0.05) is 17.0 Å². The molecule has 3 aromatic rings. The smallest absolute Gasteiger partial charge is 0.0747 e. The van der Waals surface area contributed by atoms with Crippen LogP contribution in [-0.4, -0.2) is 22.2 Å². The summed E-state index contributed by atoms with van der Waals surface area (Å²) in [7, 11) is 1.50. The van der Waals surface area contributed by atoms with Gasteiger partial charge in [0.05, 0.1) is 17.2 Å². The molecule has 0 saturated carbocycles. The number of rotatable bonds is 0. The van der Waals surface area contributed by atoms with E-state index in [2.05, 4.69) is 27.8 Å². The van der Waals surface area contributed by atoms with Gasteiger partial charge in [-0.05, 0) is 37.7 Å². The molecule has 0 unspecified atom stereocenters. The van der Waals surface area contributed by atoms with Crippen molar-refractivity contribution in [2.24, 2.45) is 5.73 Å². The third-order valence-electron chi connectivity index (χ3n) is 2.53. The Morgan fingerprint density at radius 3 is 2.81 bits per heavy atom. The maximum atomic E-state index is 4.50. The van der Waals surface area contributed by atoms with Crippen molar-refractivity contribution < 1.29 is 0 Å². The van der Waals surface area contributed by atoms with Crippen LogP contribution in [0, 0.1) is 6.92 Å². The normalized spacial score (nSPS) is 10.2. The lowest BCUT2D eigenvalue weighted by Crippen LogP contribution is -1.83. The third-order valence-corrected chi connectivity index (χ3v) is 2.53. The van der Waals surface area contributed by atoms with Gasteiger partial charge < -0.3 is 5.73 Å². The minimum absolute atomic E-state index is 1.02. The molecule has 0 aliphatic heterocycles. The molecule has 2 heterocycles. The van der Waals surface area contributed by atoms with Gasteiger partial charge in [0.25, 0.3) is 0 Å². The highest BCUT2D eigenvalue weighted by molar-refractivity contribution is 6.05. The molecular weight excluding hydrogens is 200 g/mol. The van der Waals surface area contributed by atoms with E-state index in [9.17, 15) is 0 Å². The molecule has 16 heavy (non-hydrogen) atoms. The number of hydrogen-bond donors (Lipinski definition) is 2. The highest BCUT2D eigenvalue weighted by Gasteiger charge is 2.04. The van der Waals surface area contributed by atoms with Crippen LogP contribution in [0.25, 0.3) is 21.8 Å². The molecule has 0 spiro atoms. The molecule has 0 radical (unpaired) electrons. The second-order valence-electron chi connectivity index (χ2n) is 3.42. The molecule has 0 fully saturated rings. The van der Waals surface area contributed by atoms with Crippen molar-refractivity contribution in [3.63, 3.8) is 0 Å². The predicted octanol–water partition coefficient (Wildman–Crippen LogP) is 1.99. The quantitative estimate of drug-likeness (QED) is 0.601. The minimum Gasteiger partial charge on any atom is -0.333 e. The van der Waals surface area contributed by atoms with Crippen LogP contribution < -0.4 is 5.73 Å². The second kappa shape index (κ2) is 4.28. The third kappa shape index (κ3) is 1.53. The molecule has 3 N–H and O–H groups in total. The van der Waals surface area contributed by atoms with E-state index in [0.29, 0.717) is 0 Å². The van der Waals surface area contributed by atoms with Gasteiger partial charge in [-0.3, -0.25) is 10.1 Å². The Hall–Kier alpha value is -1.94. The van der Waals surface area contributed by atoms with Gasteiger partial charge in [-0.15, -0.1) is 0 Å². The van der Waals surface area contributed by atoms with Gasteiger partial charge in [0.1, 0.15) is 0 Å². The molecule has 2 aromatic heterocycles. The Labute approximate surface area is 93.5 Å². The molecule has 0 aliphatic carbocycles. The van der Waals surface area contributed by atoms with E-state index in [1.807, 2.05) is 30.6 Å². The fourth-order valence-electron chi connectivity index (χ4n) is 1.82. The first-order valence-corrected chi connectivity index (χ1v) is 5.11. The summed E-state index contributed by atoms with van der Waals surface area (Å²) >= 11 is 0. The fraction of sp³-hybridized carbons (Fsp3) is 0.167. The van der Waals surface area contributed by atoms with Crippen molar-refractivity contribution in [1.29, 1.82) is 0 Å². The Balaban J connectivity index is 0.000000457. The molecule has 4 heteroatoms. The van der Waals surface area contributed by atoms with Crippen molar-refractivity contribution >= 4 is 21.8 Å². The first kappa shape index (κ1) is 10.6. The van der Waals surface area contributed by atoms with Crippen molar-refractivity contribution in [1.82, 2.24) is 15.2 Å². The number of aromatic amines is 1. The lowest BCUT2D eigenvalue weighted by molar-refractivity contribution is 1.12. The molecule has 0 atom stereocenters. The van der Waals surface area contributed by atoms with Crippen molar-refractivity contribution in [3.8, 4) is 0 Å². The molecular formula is C12H14N4. The number of fused-ring (bicyclic) bond motifs is 3. The summed E-state index contributed by atoms with van der Waals surface area (Å²) in [6.07, 6.45) is 3.67. The average Bonchev–Trinajstić information content (AvgIpc) is 2.80. The second-order valence-corrected chi connectivity index (χ2v) is 3.42. The van der Waals surface area contributed by atoms with Crippen LogP contribution in [-0.2, 0) is 0 Å². The van der Waals surface area contributed by atoms with Gasteiger partial charge in [-0.1, -0.05) is 0 Å². The standard InChI is InChI=1S/C11H9N3.CH5N/c1-7-4-5-12-9-3-2-8-6-13-14-11(8)10(7)9;1-2/h2-6H,1H3,(H,13,14);2H2,1H3. The molecule has 1 aromatic carbocycles. The Bertz CT molecular complexity index is 613. The number of hydrogen-bond acceptors (Lipinski definition) is 3. The number of nitrogens with one attached hydrogen (secondary N) is 1. The van der Waals surface area contributed by atoms with E-state index in [1.165, 1.54) is 18.0 Å². The molecule has 4 nitrogen and oxygen atoms in total. The maximum Gasteiger partial charge on any atom is 0.0747 e. The summed E-state index contributed by atoms with van der Waals surface area (Å²) in [6, 6.07) is 6.08. The van der Waals surface area contributed by atoms with Gasteiger partial charge >= 0.3 is 0 Å². The van der Waals surface area contributed by atoms with Crippen LogP contribution in [0.1, 0.15) is 5.56 Å². The molecule has 0 aliphatic rings. The van der Waals surface area contributed by atoms with Gasteiger partial charge in [-0.2, -0.15) is 5.10 Å². The van der Waals surface area contributed by atoms with Crippen LogP contribution >= 0.6 is 0 Å². The summed E-state index contributed by atoms with van der Waals surface area (Å²) in [6.45, 7) is 2.09. The largest absolute Gasteiger partial charge is 0.333 e. The maximum absolute atomic E-state index is 4.50. The van der Waals surface area contributed by atoms with E-state index in [0.717, 1.165) is 16.4 Å². The van der Waals surface area contributed by atoms with Gasteiger partial charge in [0.2, 0.25) is 0 Å². The predicted molar refractivity (Wildman–Crippen MR) is 66.2 cm³/mol. The molecule has 0 saturated heterocycles. The van der Waals surface area contributed by atoms with Crippen molar-refractivity contribution in [2.75, 3.05) is 7.05 Å². The lowest BCUT2D eigenvalue weighted by Gasteiger charge is -2.01. The lowest BCUT2D eigenvalue weighted by atomic mass is 10.1. The van der Waals surface area contributed by atoms with E-state index in [4.69, 9.17) is 0 Å². The Kier molecular flexibility index (Phi) is 2.83. The summed E-state index contributed by atoms with van der Waals surface area (Å²) in [5.41, 5.74) is 7.82. The number of nitrogens with zero attached hydrogens (tertiary/aromatic N) is 2. The highest BCUT2D eigenvalue weighted by Crippen LogP contribution is 2.24. The molecule has 0 amide bonds. The van der Waals surface area contributed by atoms with Gasteiger partial charge in [0.15, 0.2) is 0 Å². The van der Waals surface area contributed by atoms with Crippen LogP contribution in [0.15, 0.2) is 30.6 Å². The number of aromatic nitrogens is 3. The molecule has 82 valence electrons. The van der Waals surface area contributed by atoms with Crippen molar-refractivity contribution in [3.05, 3.63) is 36.2 Å². The summed E-state index contributed by atoms with van der Waals surface area (Å²) in [5.74, 6) is 0. The van der Waals surface area contributed by atoms with Crippen LogP contribution in [0.4, 0.5) is 0 Å².